The van der Waals surface area contributed by atoms with Crippen molar-refractivity contribution in [2.24, 2.45) is 5.73 Å². The molecule has 2 aliphatic heterocycles. The monoisotopic (exact) mass is 353 g/mol. The van der Waals surface area contributed by atoms with Crippen LogP contribution in [-0.2, 0) is 13.0 Å². The van der Waals surface area contributed by atoms with Crippen molar-refractivity contribution in [2.45, 2.75) is 19.0 Å². The highest BCUT2D eigenvalue weighted by molar-refractivity contribution is 5.44. The fourth-order valence-electron chi connectivity index (χ4n) is 3.74. The number of hydrogen-bond acceptors (Lipinski definition) is 5. The van der Waals surface area contributed by atoms with Gasteiger partial charge in [0.05, 0.1) is 0 Å². The van der Waals surface area contributed by atoms with Crippen molar-refractivity contribution < 1.29 is 9.47 Å². The minimum absolute atomic E-state index is 0.192. The molecular weight excluding hydrogens is 326 g/mol. The van der Waals surface area contributed by atoms with E-state index in [0.717, 1.165) is 57.2 Å². The molecule has 0 saturated carbocycles. The van der Waals surface area contributed by atoms with Gasteiger partial charge in [0.25, 0.3) is 0 Å². The average Bonchev–Trinajstić information content (AvgIpc) is 3.12. The van der Waals surface area contributed by atoms with Crippen LogP contribution in [0.2, 0.25) is 0 Å². The molecule has 0 aliphatic carbocycles. The van der Waals surface area contributed by atoms with Crippen LogP contribution in [0.5, 0.6) is 11.5 Å². The quantitative estimate of drug-likeness (QED) is 0.862. The lowest BCUT2D eigenvalue weighted by Crippen LogP contribution is -2.49. The van der Waals surface area contributed by atoms with E-state index in [2.05, 4.69) is 46.2 Å². The maximum Gasteiger partial charge on any atom is 0.231 e. The highest BCUT2D eigenvalue weighted by Crippen LogP contribution is 2.32. The van der Waals surface area contributed by atoms with Gasteiger partial charge in [0.2, 0.25) is 6.79 Å². The number of rotatable bonds is 6. The molecule has 0 spiro atoms. The lowest BCUT2D eigenvalue weighted by atomic mass is 10.1. The normalized spacial score (nSPS) is 18.8. The van der Waals surface area contributed by atoms with Gasteiger partial charge in [0.1, 0.15) is 0 Å². The van der Waals surface area contributed by atoms with E-state index >= 15 is 0 Å². The average molecular weight is 353 g/mol. The molecule has 4 rings (SSSR count). The number of fused-ring (bicyclic) bond motifs is 1. The molecule has 26 heavy (non-hydrogen) atoms. The zero-order valence-corrected chi connectivity index (χ0v) is 15.1. The fraction of sp³-hybridized carbons (Fsp3) is 0.429. The smallest absolute Gasteiger partial charge is 0.231 e. The molecule has 138 valence electrons. The molecule has 2 aliphatic rings. The van der Waals surface area contributed by atoms with Crippen LogP contribution in [0.3, 0.4) is 0 Å². The summed E-state index contributed by atoms with van der Waals surface area (Å²) in [7, 11) is 0. The van der Waals surface area contributed by atoms with Crippen molar-refractivity contribution in [3.8, 4) is 11.5 Å². The Bertz CT molecular complexity index is 714. The van der Waals surface area contributed by atoms with Gasteiger partial charge in [-0.2, -0.15) is 0 Å². The van der Waals surface area contributed by atoms with E-state index < -0.39 is 0 Å². The lowest BCUT2D eigenvalue weighted by Gasteiger charge is -2.36. The Morgan fingerprint density at radius 2 is 1.58 bits per heavy atom. The van der Waals surface area contributed by atoms with Crippen molar-refractivity contribution in [1.82, 2.24) is 9.80 Å². The lowest BCUT2D eigenvalue weighted by molar-refractivity contribution is 0.122. The number of nitrogens with zero attached hydrogens (tertiary/aromatic N) is 2. The highest BCUT2D eigenvalue weighted by atomic mass is 16.7. The summed E-state index contributed by atoms with van der Waals surface area (Å²) in [5.41, 5.74) is 8.97. The van der Waals surface area contributed by atoms with Gasteiger partial charge in [-0.3, -0.25) is 9.80 Å². The highest BCUT2D eigenvalue weighted by Gasteiger charge is 2.20. The Hall–Kier alpha value is -2.08. The SMILES string of the molecule is N[C@@H](Cc1ccccc1)CN1CCN(Cc2ccc3c(c2)OCO3)CC1. The molecule has 2 N–H and O–H groups in total. The molecular formula is C21H27N3O2. The number of hydrogen-bond donors (Lipinski definition) is 1. The molecule has 1 atom stereocenters. The van der Waals surface area contributed by atoms with E-state index in [1.165, 1.54) is 11.1 Å². The van der Waals surface area contributed by atoms with E-state index in [-0.39, 0.29) is 6.04 Å². The van der Waals surface area contributed by atoms with Gasteiger partial charge < -0.3 is 15.2 Å². The van der Waals surface area contributed by atoms with E-state index in [0.29, 0.717) is 6.79 Å². The maximum absolute atomic E-state index is 6.37. The van der Waals surface area contributed by atoms with Crippen molar-refractivity contribution in [3.05, 3.63) is 59.7 Å². The predicted molar refractivity (Wildman–Crippen MR) is 102 cm³/mol. The van der Waals surface area contributed by atoms with Crippen LogP contribution in [-0.4, -0.2) is 55.4 Å². The Morgan fingerprint density at radius 3 is 2.38 bits per heavy atom. The summed E-state index contributed by atoms with van der Waals surface area (Å²) in [6.07, 6.45) is 0.943. The summed E-state index contributed by atoms with van der Waals surface area (Å²) < 4.78 is 10.9. The van der Waals surface area contributed by atoms with Crippen LogP contribution in [0.4, 0.5) is 0 Å². The molecule has 0 radical (unpaired) electrons. The number of ether oxygens (including phenoxy) is 2. The summed E-state index contributed by atoms with van der Waals surface area (Å²) in [6, 6.07) is 17.0. The third-order valence-corrected chi connectivity index (χ3v) is 5.14. The summed E-state index contributed by atoms with van der Waals surface area (Å²) >= 11 is 0. The summed E-state index contributed by atoms with van der Waals surface area (Å²) in [4.78, 5) is 4.99. The Kier molecular flexibility index (Phi) is 5.39. The second-order valence-corrected chi connectivity index (χ2v) is 7.21. The molecule has 0 amide bonds. The molecule has 2 aromatic rings. The van der Waals surface area contributed by atoms with Crippen LogP contribution in [0.15, 0.2) is 48.5 Å². The molecule has 2 aromatic carbocycles. The van der Waals surface area contributed by atoms with Gasteiger partial charge in [-0.25, -0.2) is 0 Å². The number of nitrogens with two attached hydrogens (primary N) is 1. The molecule has 0 unspecified atom stereocenters. The second-order valence-electron chi connectivity index (χ2n) is 7.21. The van der Waals surface area contributed by atoms with Crippen LogP contribution in [0.25, 0.3) is 0 Å². The van der Waals surface area contributed by atoms with Crippen molar-refractivity contribution in [1.29, 1.82) is 0 Å². The second kappa shape index (κ2) is 8.08. The number of benzene rings is 2. The standard InChI is InChI=1S/C21H27N3O2/c22-19(12-17-4-2-1-3-5-17)15-24-10-8-23(9-11-24)14-18-6-7-20-21(13-18)26-16-25-20/h1-7,13,19H,8-12,14-16,22H2/t19-/m0/s1. The zero-order chi connectivity index (χ0) is 17.8. The zero-order valence-electron chi connectivity index (χ0n) is 15.1. The molecule has 0 bridgehead atoms. The van der Waals surface area contributed by atoms with Crippen molar-refractivity contribution >= 4 is 0 Å². The first kappa shape index (κ1) is 17.3. The van der Waals surface area contributed by atoms with Crippen LogP contribution in [0, 0.1) is 0 Å². The maximum atomic E-state index is 6.37. The Labute approximate surface area is 155 Å². The topological polar surface area (TPSA) is 51.0 Å². The van der Waals surface area contributed by atoms with Crippen LogP contribution in [0.1, 0.15) is 11.1 Å². The minimum Gasteiger partial charge on any atom is -0.454 e. The van der Waals surface area contributed by atoms with Gasteiger partial charge in [0.15, 0.2) is 11.5 Å². The van der Waals surface area contributed by atoms with Gasteiger partial charge >= 0.3 is 0 Å². The van der Waals surface area contributed by atoms with E-state index in [4.69, 9.17) is 15.2 Å². The van der Waals surface area contributed by atoms with E-state index in [9.17, 15) is 0 Å². The summed E-state index contributed by atoms with van der Waals surface area (Å²) in [5, 5.41) is 0. The molecule has 5 nitrogen and oxygen atoms in total. The van der Waals surface area contributed by atoms with Crippen LogP contribution < -0.4 is 15.2 Å². The van der Waals surface area contributed by atoms with E-state index in [1.54, 1.807) is 0 Å². The van der Waals surface area contributed by atoms with Gasteiger partial charge in [0, 0.05) is 45.3 Å². The molecule has 0 aromatic heterocycles. The van der Waals surface area contributed by atoms with Crippen LogP contribution >= 0.6 is 0 Å². The first-order valence-electron chi connectivity index (χ1n) is 9.39. The largest absolute Gasteiger partial charge is 0.454 e. The molecule has 2 heterocycles. The Balaban J connectivity index is 1.22. The molecule has 1 fully saturated rings. The van der Waals surface area contributed by atoms with Gasteiger partial charge in [-0.15, -0.1) is 0 Å². The van der Waals surface area contributed by atoms with Crippen molar-refractivity contribution in [2.75, 3.05) is 39.5 Å². The first-order valence-corrected chi connectivity index (χ1v) is 9.39. The van der Waals surface area contributed by atoms with E-state index in [1.807, 2.05) is 12.1 Å². The fourth-order valence-corrected chi connectivity index (χ4v) is 3.74. The summed E-state index contributed by atoms with van der Waals surface area (Å²) in [5.74, 6) is 1.72. The van der Waals surface area contributed by atoms with Gasteiger partial charge in [-0.05, 0) is 29.7 Å². The first-order chi connectivity index (χ1) is 12.8. The molecule has 5 heteroatoms. The minimum atomic E-state index is 0.192. The Morgan fingerprint density at radius 1 is 0.846 bits per heavy atom. The molecule has 1 saturated heterocycles. The third kappa shape index (κ3) is 4.36. The summed E-state index contributed by atoms with van der Waals surface area (Å²) in [6.45, 7) is 6.56. The predicted octanol–water partition coefficient (Wildman–Crippen LogP) is 2.10. The third-order valence-electron chi connectivity index (χ3n) is 5.14. The number of piperazine rings is 1. The van der Waals surface area contributed by atoms with Crippen molar-refractivity contribution in [3.63, 3.8) is 0 Å². The van der Waals surface area contributed by atoms with Gasteiger partial charge in [-0.1, -0.05) is 36.4 Å².